The maximum absolute atomic E-state index is 6.05. The Kier molecular flexibility index (Phi) is 3.35. The van der Waals surface area contributed by atoms with Crippen molar-refractivity contribution in [2.75, 3.05) is 6.61 Å². The summed E-state index contributed by atoms with van der Waals surface area (Å²) in [5, 5.41) is 0. The molecule has 1 aliphatic carbocycles. The van der Waals surface area contributed by atoms with Crippen LogP contribution in [-0.2, 0) is 4.74 Å². The summed E-state index contributed by atoms with van der Waals surface area (Å²) < 4.78 is 6.05. The molecule has 0 spiro atoms. The normalized spacial score (nSPS) is 28.1. The number of hydrogen-bond acceptors (Lipinski definition) is 2. The first-order valence-electron chi connectivity index (χ1n) is 7.05. The summed E-state index contributed by atoms with van der Waals surface area (Å²) in [4.78, 5) is 0. The molecule has 0 aromatic heterocycles. The van der Waals surface area contributed by atoms with Gasteiger partial charge in [0.25, 0.3) is 0 Å². The van der Waals surface area contributed by atoms with Crippen LogP contribution in [0.5, 0.6) is 0 Å². The maximum Gasteiger partial charge on any atom is 0.122 e. The van der Waals surface area contributed by atoms with Crippen LogP contribution < -0.4 is 5.73 Å². The molecule has 2 aliphatic rings. The molecule has 2 N–H and O–H groups in total. The third-order valence-corrected chi connectivity index (χ3v) is 3.97. The van der Waals surface area contributed by atoms with Gasteiger partial charge in [-0.25, -0.2) is 0 Å². The second-order valence-corrected chi connectivity index (χ2v) is 7.39. The Morgan fingerprint density at radius 1 is 1.33 bits per heavy atom. The van der Waals surface area contributed by atoms with E-state index in [4.69, 9.17) is 10.5 Å². The van der Waals surface area contributed by atoms with Crippen LogP contribution in [0.2, 0.25) is 0 Å². The number of rotatable bonds is 1. The van der Waals surface area contributed by atoms with E-state index in [1.54, 1.807) is 0 Å². The molecule has 0 saturated carbocycles. The molecule has 0 aromatic rings. The Balaban J connectivity index is 2.41. The molecular formula is C16H27NO. The van der Waals surface area contributed by atoms with Gasteiger partial charge in [0.15, 0.2) is 0 Å². The van der Waals surface area contributed by atoms with Gasteiger partial charge in [0.2, 0.25) is 0 Å². The highest BCUT2D eigenvalue weighted by atomic mass is 16.5. The molecule has 102 valence electrons. The Bertz CT molecular complexity index is 396. The zero-order chi connectivity index (χ0) is 13.6. The van der Waals surface area contributed by atoms with Crippen LogP contribution in [0.15, 0.2) is 23.0 Å². The van der Waals surface area contributed by atoms with Crippen molar-refractivity contribution < 1.29 is 4.74 Å². The highest BCUT2D eigenvalue weighted by molar-refractivity contribution is 5.40. The van der Waals surface area contributed by atoms with Gasteiger partial charge in [0.1, 0.15) is 5.76 Å². The van der Waals surface area contributed by atoms with Crippen LogP contribution in [0.1, 0.15) is 53.9 Å². The van der Waals surface area contributed by atoms with Gasteiger partial charge in [-0.05, 0) is 35.8 Å². The van der Waals surface area contributed by atoms with Gasteiger partial charge in [-0.2, -0.15) is 0 Å². The lowest BCUT2D eigenvalue weighted by Gasteiger charge is -2.31. The molecule has 0 saturated heterocycles. The van der Waals surface area contributed by atoms with Crippen molar-refractivity contribution in [3.8, 4) is 0 Å². The Morgan fingerprint density at radius 3 is 2.50 bits per heavy atom. The third kappa shape index (κ3) is 2.49. The van der Waals surface area contributed by atoms with E-state index in [0.29, 0.717) is 6.04 Å². The van der Waals surface area contributed by atoms with Crippen LogP contribution in [0, 0.1) is 10.8 Å². The molecular weight excluding hydrogens is 222 g/mol. The van der Waals surface area contributed by atoms with Gasteiger partial charge in [0.05, 0.1) is 6.61 Å². The lowest BCUT2D eigenvalue weighted by molar-refractivity contribution is 0.184. The lowest BCUT2D eigenvalue weighted by Crippen LogP contribution is -2.25. The topological polar surface area (TPSA) is 35.2 Å². The largest absolute Gasteiger partial charge is 0.492 e. The molecule has 0 bridgehead atoms. The average Bonchev–Trinajstić information content (AvgIpc) is 2.54. The van der Waals surface area contributed by atoms with E-state index < -0.39 is 0 Å². The molecule has 1 atom stereocenters. The molecule has 2 nitrogen and oxygen atoms in total. The number of hydrogen-bond donors (Lipinski definition) is 1. The Labute approximate surface area is 111 Å². The first-order chi connectivity index (χ1) is 8.22. The van der Waals surface area contributed by atoms with Crippen molar-refractivity contribution >= 4 is 0 Å². The van der Waals surface area contributed by atoms with Gasteiger partial charge in [0, 0.05) is 11.5 Å². The highest BCUT2D eigenvalue weighted by Crippen LogP contribution is 2.49. The van der Waals surface area contributed by atoms with Gasteiger partial charge in [-0.1, -0.05) is 40.7 Å². The van der Waals surface area contributed by atoms with E-state index in [0.717, 1.165) is 25.9 Å². The van der Waals surface area contributed by atoms with Crippen molar-refractivity contribution in [1.82, 2.24) is 0 Å². The summed E-state index contributed by atoms with van der Waals surface area (Å²) in [6.45, 7) is 12.2. The standard InChI is InChI=1S/C16H27NO/c1-15(2,3)14-13(18-10-16(14,4)5)11-6-8-12(17)9-7-11/h6,12H,7-10,17H2,1-5H3. The summed E-state index contributed by atoms with van der Waals surface area (Å²) in [6.07, 6.45) is 5.42. The quantitative estimate of drug-likeness (QED) is 0.767. The SMILES string of the molecule is CC(C)(C)C1=C(C2=CCC(N)CC2)OCC1(C)C. The van der Waals surface area contributed by atoms with Gasteiger partial charge in [-0.3, -0.25) is 0 Å². The Hall–Kier alpha value is -0.760. The minimum absolute atomic E-state index is 0.147. The average molecular weight is 249 g/mol. The minimum atomic E-state index is 0.147. The summed E-state index contributed by atoms with van der Waals surface area (Å²) in [6, 6.07) is 0.335. The van der Waals surface area contributed by atoms with E-state index in [2.05, 4.69) is 40.7 Å². The van der Waals surface area contributed by atoms with Crippen LogP contribution in [0.3, 0.4) is 0 Å². The van der Waals surface area contributed by atoms with E-state index in [1.807, 2.05) is 0 Å². The molecule has 0 aromatic carbocycles. The molecule has 18 heavy (non-hydrogen) atoms. The lowest BCUT2D eigenvalue weighted by atomic mass is 9.71. The van der Waals surface area contributed by atoms with Crippen molar-refractivity contribution in [2.24, 2.45) is 16.6 Å². The monoisotopic (exact) mass is 249 g/mol. The Morgan fingerprint density at radius 2 is 2.00 bits per heavy atom. The fraction of sp³-hybridized carbons (Fsp3) is 0.750. The fourth-order valence-corrected chi connectivity index (χ4v) is 3.37. The predicted octanol–water partition coefficient (Wildman–Crippen LogP) is 3.78. The van der Waals surface area contributed by atoms with E-state index in [1.165, 1.54) is 16.9 Å². The molecule has 0 fully saturated rings. The molecule has 0 amide bonds. The van der Waals surface area contributed by atoms with Crippen LogP contribution in [0.4, 0.5) is 0 Å². The molecule has 1 aliphatic heterocycles. The van der Waals surface area contributed by atoms with E-state index >= 15 is 0 Å². The maximum atomic E-state index is 6.05. The first-order valence-corrected chi connectivity index (χ1v) is 7.05. The number of nitrogens with two attached hydrogens (primary N) is 1. The summed E-state index contributed by atoms with van der Waals surface area (Å²) in [5.41, 5.74) is 9.13. The van der Waals surface area contributed by atoms with Crippen LogP contribution in [-0.4, -0.2) is 12.6 Å². The molecule has 2 heteroatoms. The summed E-state index contributed by atoms with van der Waals surface area (Å²) in [7, 11) is 0. The van der Waals surface area contributed by atoms with Gasteiger partial charge >= 0.3 is 0 Å². The van der Waals surface area contributed by atoms with Crippen LogP contribution >= 0.6 is 0 Å². The number of ether oxygens (including phenoxy) is 1. The predicted molar refractivity (Wildman–Crippen MR) is 76.1 cm³/mol. The van der Waals surface area contributed by atoms with E-state index in [-0.39, 0.29) is 10.8 Å². The summed E-state index contributed by atoms with van der Waals surface area (Å²) in [5.74, 6) is 1.17. The van der Waals surface area contributed by atoms with Crippen molar-refractivity contribution in [2.45, 2.75) is 59.9 Å². The van der Waals surface area contributed by atoms with Gasteiger partial charge in [-0.15, -0.1) is 0 Å². The van der Waals surface area contributed by atoms with E-state index in [9.17, 15) is 0 Å². The molecule has 1 heterocycles. The first kappa shape index (κ1) is 13.7. The minimum Gasteiger partial charge on any atom is -0.492 e. The number of allylic oxidation sites excluding steroid dienone is 1. The molecule has 0 radical (unpaired) electrons. The third-order valence-electron chi connectivity index (χ3n) is 3.97. The second kappa shape index (κ2) is 4.41. The van der Waals surface area contributed by atoms with Crippen LogP contribution in [0.25, 0.3) is 0 Å². The second-order valence-electron chi connectivity index (χ2n) is 7.39. The zero-order valence-electron chi connectivity index (χ0n) is 12.5. The van der Waals surface area contributed by atoms with Crippen molar-refractivity contribution in [1.29, 1.82) is 0 Å². The fourth-order valence-electron chi connectivity index (χ4n) is 3.37. The molecule has 2 rings (SSSR count). The summed E-state index contributed by atoms with van der Waals surface area (Å²) >= 11 is 0. The van der Waals surface area contributed by atoms with Crippen molar-refractivity contribution in [3.63, 3.8) is 0 Å². The van der Waals surface area contributed by atoms with Crippen molar-refractivity contribution in [3.05, 3.63) is 23.0 Å². The smallest absolute Gasteiger partial charge is 0.122 e. The highest BCUT2D eigenvalue weighted by Gasteiger charge is 2.41. The molecule has 1 unspecified atom stereocenters. The van der Waals surface area contributed by atoms with Gasteiger partial charge < -0.3 is 10.5 Å². The zero-order valence-corrected chi connectivity index (χ0v) is 12.5.